The number of likely N-dealkylation sites (N-methyl/N-ethyl adjacent to an activating group) is 1. The average molecular weight is 515 g/mol. The van der Waals surface area contributed by atoms with E-state index >= 15 is 0 Å². The lowest BCUT2D eigenvalue weighted by Gasteiger charge is -2.37. The zero-order valence-corrected chi connectivity index (χ0v) is 23.0. The number of hydrogen-bond donors (Lipinski definition) is 2. The number of aromatic nitrogens is 2. The summed E-state index contributed by atoms with van der Waals surface area (Å²) in [5.74, 6) is -0.635. The van der Waals surface area contributed by atoms with Gasteiger partial charge in [0, 0.05) is 13.1 Å². The van der Waals surface area contributed by atoms with E-state index in [2.05, 4.69) is 17.0 Å². The van der Waals surface area contributed by atoms with E-state index in [4.69, 9.17) is 44.0 Å². The van der Waals surface area contributed by atoms with Crippen molar-refractivity contribution in [2.75, 3.05) is 19.5 Å². The minimum absolute atomic E-state index is 0.0327. The third kappa shape index (κ3) is 5.63. The molecule has 2 amide bonds. The fourth-order valence-corrected chi connectivity index (χ4v) is 4.89. The van der Waals surface area contributed by atoms with Crippen molar-refractivity contribution in [2.24, 2.45) is 0 Å². The number of aryl methyl sites for hydroxylation is 1. The van der Waals surface area contributed by atoms with Gasteiger partial charge in [0.05, 0.1) is 69.4 Å². The van der Waals surface area contributed by atoms with E-state index in [0.717, 1.165) is 12.8 Å². The van der Waals surface area contributed by atoms with Gasteiger partial charge in [-0.1, -0.05) is 36.9 Å². The molecule has 1 atom stereocenters. The molecule has 1 aliphatic carbocycles. The number of allylic oxidation sites excluding steroid dienone is 2. The molecule has 1 saturated carbocycles. The van der Waals surface area contributed by atoms with E-state index in [-0.39, 0.29) is 23.9 Å². The van der Waals surface area contributed by atoms with Gasteiger partial charge in [0.15, 0.2) is 5.75 Å². The molecular formula is C25H30B6N4O4. The number of carbonyl (C=O) groups excluding carboxylic acids is 2. The molecule has 14 heteroatoms. The van der Waals surface area contributed by atoms with Crippen molar-refractivity contribution in [3.8, 4) is 5.75 Å². The Hall–Kier alpha value is -2.74. The first-order chi connectivity index (χ1) is 18.3. The van der Waals surface area contributed by atoms with E-state index in [1.807, 2.05) is 13.8 Å². The summed E-state index contributed by atoms with van der Waals surface area (Å²) in [7, 11) is 32.8. The SMILES string of the molecule is CC.[B]C([B])([B])C1(CCc2cc3cc(NC(=O)/C(=C/C=C)C(=O)N(C)C4CC4)c(OC)cn3n2)B(O)C1([B])[B]. The molecule has 0 spiro atoms. The summed E-state index contributed by atoms with van der Waals surface area (Å²) < 4.78 is 7.02. The summed E-state index contributed by atoms with van der Waals surface area (Å²) in [6.07, 6.45) is 6.74. The van der Waals surface area contributed by atoms with Crippen LogP contribution in [0.2, 0.25) is 15.5 Å². The topological polar surface area (TPSA) is 96.2 Å². The summed E-state index contributed by atoms with van der Waals surface area (Å²) in [5, 5.41) is 13.0. The predicted octanol–water partition coefficient (Wildman–Crippen LogP) is 1.28. The normalized spacial score (nSPS) is 20.0. The molecule has 1 aliphatic heterocycles. The fourth-order valence-electron chi connectivity index (χ4n) is 4.89. The Kier molecular flexibility index (Phi) is 9.00. The second-order valence-electron chi connectivity index (χ2n) is 9.92. The van der Waals surface area contributed by atoms with Crippen LogP contribution in [0.3, 0.4) is 0 Å². The lowest BCUT2D eigenvalue weighted by molar-refractivity contribution is -0.128. The number of methoxy groups -OCH3 is 1. The van der Waals surface area contributed by atoms with E-state index in [1.54, 1.807) is 34.8 Å². The summed E-state index contributed by atoms with van der Waals surface area (Å²) in [6, 6.07) is 3.60. The van der Waals surface area contributed by atoms with E-state index in [0.29, 0.717) is 29.1 Å². The van der Waals surface area contributed by atoms with E-state index in [1.165, 1.54) is 19.3 Å². The van der Waals surface area contributed by atoms with Crippen molar-refractivity contribution < 1.29 is 19.3 Å². The molecule has 39 heavy (non-hydrogen) atoms. The van der Waals surface area contributed by atoms with Gasteiger partial charge in [-0.3, -0.25) is 9.59 Å². The Morgan fingerprint density at radius 2 is 1.95 bits per heavy atom. The van der Waals surface area contributed by atoms with Gasteiger partial charge < -0.3 is 20.0 Å². The second kappa shape index (κ2) is 11.4. The highest BCUT2D eigenvalue weighted by Crippen LogP contribution is 2.79. The van der Waals surface area contributed by atoms with Gasteiger partial charge in [0.2, 0.25) is 0 Å². The largest absolute Gasteiger partial charge is 0.493 e. The Labute approximate surface area is 237 Å². The number of rotatable bonds is 10. The van der Waals surface area contributed by atoms with Crippen molar-refractivity contribution in [3.63, 3.8) is 0 Å². The van der Waals surface area contributed by atoms with Crippen LogP contribution in [0.1, 0.15) is 38.8 Å². The molecule has 4 rings (SSSR count). The summed E-state index contributed by atoms with van der Waals surface area (Å²) >= 11 is 0. The van der Waals surface area contributed by atoms with Gasteiger partial charge in [0.25, 0.3) is 18.7 Å². The second-order valence-corrected chi connectivity index (χ2v) is 9.92. The molecule has 1 unspecified atom stereocenters. The van der Waals surface area contributed by atoms with Gasteiger partial charge >= 0.3 is 0 Å². The van der Waals surface area contributed by atoms with Gasteiger partial charge in [-0.2, -0.15) is 5.10 Å². The molecule has 1 saturated heterocycles. The highest BCUT2D eigenvalue weighted by Gasteiger charge is 2.74. The van der Waals surface area contributed by atoms with Crippen molar-refractivity contribution in [1.29, 1.82) is 0 Å². The number of pyridine rings is 1. The lowest BCUT2D eigenvalue weighted by Crippen LogP contribution is -2.34. The molecule has 2 aromatic rings. The quantitative estimate of drug-likeness (QED) is 0.164. The van der Waals surface area contributed by atoms with Crippen LogP contribution in [0, 0.1) is 0 Å². The van der Waals surface area contributed by atoms with Crippen LogP contribution in [0.5, 0.6) is 5.75 Å². The fraction of sp³-hybridized carbons (Fsp3) is 0.480. The summed E-state index contributed by atoms with van der Waals surface area (Å²) in [6.45, 7) is 6.45. The van der Waals surface area contributed by atoms with Crippen LogP contribution in [-0.4, -0.2) is 97.7 Å². The Balaban J connectivity index is 0.00000205. The number of fused-ring (bicyclic) bond motifs is 1. The van der Waals surface area contributed by atoms with E-state index < -0.39 is 28.4 Å². The highest BCUT2D eigenvalue weighted by molar-refractivity contribution is 6.95. The maximum atomic E-state index is 13.1. The Morgan fingerprint density at radius 1 is 1.33 bits per heavy atom. The van der Waals surface area contributed by atoms with Crippen molar-refractivity contribution in [3.05, 3.63) is 48.3 Å². The zero-order chi connectivity index (χ0) is 29.3. The van der Waals surface area contributed by atoms with Crippen LogP contribution in [-0.2, 0) is 16.0 Å². The third-order valence-electron chi connectivity index (χ3n) is 7.41. The summed E-state index contributed by atoms with van der Waals surface area (Å²) in [4.78, 5) is 27.5. The maximum absolute atomic E-state index is 13.1. The van der Waals surface area contributed by atoms with Crippen LogP contribution < -0.4 is 10.1 Å². The first-order valence-electron chi connectivity index (χ1n) is 12.9. The number of anilines is 1. The molecule has 2 N–H and O–H groups in total. The Bertz CT molecular complexity index is 1280. The highest BCUT2D eigenvalue weighted by atomic mass is 16.5. The van der Waals surface area contributed by atoms with Gasteiger partial charge in [-0.15, -0.1) is 5.11 Å². The number of amides is 2. The first kappa shape index (κ1) is 30.8. The third-order valence-corrected chi connectivity index (χ3v) is 7.41. The van der Waals surface area contributed by atoms with Crippen molar-refractivity contribution >= 4 is 69.2 Å². The zero-order valence-electron chi connectivity index (χ0n) is 23.0. The number of nitrogens with one attached hydrogen (secondary N) is 1. The molecule has 3 heterocycles. The number of hydrogen-bond acceptors (Lipinski definition) is 5. The molecular weight excluding hydrogens is 485 g/mol. The average Bonchev–Trinajstić information content (AvgIpc) is 3.75. The minimum Gasteiger partial charge on any atom is -0.493 e. The van der Waals surface area contributed by atoms with Gasteiger partial charge in [0.1, 0.15) is 5.57 Å². The van der Waals surface area contributed by atoms with Crippen LogP contribution >= 0.6 is 0 Å². The number of ether oxygens (including phenoxy) is 1. The van der Waals surface area contributed by atoms with Gasteiger partial charge in [-0.25, -0.2) is 4.52 Å². The van der Waals surface area contributed by atoms with Crippen molar-refractivity contribution in [2.45, 2.75) is 61.1 Å². The molecule has 2 fully saturated rings. The number of nitrogens with zero attached hydrogens (tertiary/aromatic N) is 3. The minimum atomic E-state index is -1.79. The van der Waals surface area contributed by atoms with Gasteiger partial charge in [-0.05, 0) is 43.9 Å². The lowest BCUT2D eigenvalue weighted by atomic mass is 9.31. The van der Waals surface area contributed by atoms with E-state index in [9.17, 15) is 14.6 Å². The molecule has 192 valence electrons. The number of carbonyl (C=O) groups is 2. The molecule has 2 aromatic heterocycles. The van der Waals surface area contributed by atoms with Crippen molar-refractivity contribution in [1.82, 2.24) is 14.5 Å². The summed E-state index contributed by atoms with van der Waals surface area (Å²) in [5.41, 5.74) is 1.58. The molecule has 0 aromatic carbocycles. The smallest absolute Gasteiger partial charge is 0.281 e. The van der Waals surface area contributed by atoms with Crippen LogP contribution in [0.4, 0.5) is 5.69 Å². The molecule has 8 nitrogen and oxygen atoms in total. The Morgan fingerprint density at radius 3 is 2.44 bits per heavy atom. The first-order valence-corrected chi connectivity index (χ1v) is 12.9. The monoisotopic (exact) mass is 516 g/mol. The van der Waals surface area contributed by atoms with Crippen LogP contribution in [0.25, 0.3) is 5.52 Å². The molecule has 0 bridgehead atoms. The standard InChI is InChI=1S/C23H24B6N4O4.C2H6/c1-4-5-16(20(35)32(2)14-6-7-14)19(34)30-17-11-15-10-13(31-33(15)12-18(17)37-3)8-9-21(22(24,25)26)23(27,28)29(21)36;1-2/h4-5,10-12,14,36H,1,6-9H2,2-3H3,(H,30,34);1-2H3/b16-5-;. The molecule has 10 radical (unpaired) electrons. The van der Waals surface area contributed by atoms with Crippen LogP contribution in [0.15, 0.2) is 42.6 Å². The molecule has 2 aliphatic rings. The predicted molar refractivity (Wildman–Crippen MR) is 159 cm³/mol. The maximum Gasteiger partial charge on any atom is 0.281 e.